The molecule has 2 fully saturated rings. The van der Waals surface area contributed by atoms with Crippen molar-refractivity contribution in [2.75, 3.05) is 32.8 Å². The van der Waals surface area contributed by atoms with Crippen LogP contribution in [0.1, 0.15) is 38.5 Å². The standard InChI is InChI=1S/C25H29ClF2N2O4S/c26-19-5-8-21(9-6-19)34-18-25(16-24(31)29-12-2-1-3-13-29)11-4-14-30(17-25)35(32,33)23-10-7-20(27)15-22(23)28/h5-10,15H,1-4,11-14,16-18H2/t25-/m1/s1. The average molecular weight is 527 g/mol. The summed E-state index contributed by atoms with van der Waals surface area (Å²) < 4.78 is 61.7. The Bertz CT molecular complexity index is 1160. The molecule has 2 aliphatic heterocycles. The van der Waals surface area contributed by atoms with Crippen LogP contribution in [0.5, 0.6) is 5.75 Å². The molecule has 190 valence electrons. The summed E-state index contributed by atoms with van der Waals surface area (Å²) in [4.78, 5) is 14.5. The number of piperidine rings is 2. The van der Waals surface area contributed by atoms with E-state index in [1.165, 1.54) is 4.31 Å². The van der Waals surface area contributed by atoms with E-state index in [0.29, 0.717) is 42.8 Å². The maximum absolute atomic E-state index is 14.4. The first-order valence-corrected chi connectivity index (χ1v) is 13.6. The Labute approximate surface area is 209 Å². The smallest absolute Gasteiger partial charge is 0.246 e. The lowest BCUT2D eigenvalue weighted by Gasteiger charge is -2.42. The molecular formula is C25H29ClF2N2O4S. The third-order valence-corrected chi connectivity index (χ3v) is 8.86. The largest absolute Gasteiger partial charge is 0.493 e. The quantitative estimate of drug-likeness (QED) is 0.516. The summed E-state index contributed by atoms with van der Waals surface area (Å²) in [5, 5.41) is 0.559. The molecule has 0 bridgehead atoms. The highest BCUT2D eigenvalue weighted by molar-refractivity contribution is 7.89. The minimum Gasteiger partial charge on any atom is -0.493 e. The van der Waals surface area contributed by atoms with Crippen molar-refractivity contribution in [1.82, 2.24) is 9.21 Å². The fourth-order valence-corrected chi connectivity index (χ4v) is 6.61. The molecule has 0 radical (unpaired) electrons. The second-order valence-electron chi connectivity index (χ2n) is 9.38. The lowest BCUT2D eigenvalue weighted by atomic mass is 9.78. The first-order valence-electron chi connectivity index (χ1n) is 11.8. The lowest BCUT2D eigenvalue weighted by molar-refractivity contribution is -0.136. The van der Waals surface area contributed by atoms with Gasteiger partial charge in [0.05, 0.1) is 6.61 Å². The number of benzene rings is 2. The Morgan fingerprint density at radius 1 is 1.00 bits per heavy atom. The molecular weight excluding hydrogens is 498 g/mol. The number of likely N-dealkylation sites (tertiary alicyclic amines) is 1. The van der Waals surface area contributed by atoms with Crippen molar-refractivity contribution < 1.29 is 26.7 Å². The van der Waals surface area contributed by atoms with Crippen molar-refractivity contribution >= 4 is 27.5 Å². The number of hydrogen-bond donors (Lipinski definition) is 0. The van der Waals surface area contributed by atoms with Gasteiger partial charge in [-0.25, -0.2) is 17.2 Å². The zero-order valence-corrected chi connectivity index (χ0v) is 21.0. The Hall–Kier alpha value is -2.23. The zero-order chi connectivity index (χ0) is 25.1. The predicted octanol–water partition coefficient (Wildman–Crippen LogP) is 4.87. The van der Waals surface area contributed by atoms with Gasteiger partial charge in [0.15, 0.2) is 0 Å². The molecule has 6 nitrogen and oxygen atoms in total. The summed E-state index contributed by atoms with van der Waals surface area (Å²) in [7, 11) is -4.24. The lowest BCUT2D eigenvalue weighted by Crippen LogP contribution is -2.51. The van der Waals surface area contributed by atoms with E-state index in [0.717, 1.165) is 31.4 Å². The third-order valence-electron chi connectivity index (χ3n) is 6.73. The number of nitrogens with zero attached hydrogens (tertiary/aromatic N) is 2. The molecule has 1 atom stereocenters. The highest BCUT2D eigenvalue weighted by atomic mass is 35.5. The first kappa shape index (κ1) is 25.9. The molecule has 2 saturated heterocycles. The zero-order valence-electron chi connectivity index (χ0n) is 19.4. The Morgan fingerprint density at radius 2 is 1.71 bits per heavy atom. The summed E-state index contributed by atoms with van der Waals surface area (Å²) >= 11 is 5.96. The van der Waals surface area contributed by atoms with E-state index in [1.807, 2.05) is 4.90 Å². The van der Waals surface area contributed by atoms with Crippen LogP contribution in [0.15, 0.2) is 47.4 Å². The number of hydrogen-bond acceptors (Lipinski definition) is 4. The number of rotatable bonds is 7. The van der Waals surface area contributed by atoms with Crippen LogP contribution in [0.4, 0.5) is 8.78 Å². The maximum atomic E-state index is 14.4. The van der Waals surface area contributed by atoms with Crippen molar-refractivity contribution in [2.45, 2.75) is 43.4 Å². The van der Waals surface area contributed by atoms with Gasteiger partial charge in [0, 0.05) is 49.1 Å². The van der Waals surface area contributed by atoms with Gasteiger partial charge in [0.1, 0.15) is 22.3 Å². The fourth-order valence-electron chi connectivity index (χ4n) is 4.85. The van der Waals surface area contributed by atoms with Crippen molar-refractivity contribution in [1.29, 1.82) is 0 Å². The maximum Gasteiger partial charge on any atom is 0.246 e. The van der Waals surface area contributed by atoms with Crippen LogP contribution in [0.25, 0.3) is 0 Å². The van der Waals surface area contributed by atoms with Gasteiger partial charge in [-0.3, -0.25) is 4.79 Å². The van der Waals surface area contributed by atoms with Crippen LogP contribution in [-0.4, -0.2) is 56.3 Å². The Balaban J connectivity index is 1.59. The molecule has 10 heteroatoms. The highest BCUT2D eigenvalue weighted by Gasteiger charge is 2.43. The summed E-state index contributed by atoms with van der Waals surface area (Å²) in [6.07, 6.45) is 4.18. The van der Waals surface area contributed by atoms with Gasteiger partial charge in [-0.05, 0) is 68.5 Å². The van der Waals surface area contributed by atoms with Gasteiger partial charge >= 0.3 is 0 Å². The molecule has 0 unspecified atom stereocenters. The van der Waals surface area contributed by atoms with Crippen LogP contribution >= 0.6 is 11.6 Å². The van der Waals surface area contributed by atoms with E-state index in [-0.39, 0.29) is 32.0 Å². The molecule has 2 heterocycles. The molecule has 4 rings (SSSR count). The summed E-state index contributed by atoms with van der Waals surface area (Å²) in [5.41, 5.74) is -0.796. The van der Waals surface area contributed by atoms with Crippen molar-refractivity contribution in [3.05, 3.63) is 59.1 Å². The molecule has 2 aromatic rings. The van der Waals surface area contributed by atoms with Crippen LogP contribution in [0.3, 0.4) is 0 Å². The minimum absolute atomic E-state index is 0.000675. The summed E-state index contributed by atoms with van der Waals surface area (Å²) in [6, 6.07) is 9.25. The van der Waals surface area contributed by atoms with E-state index >= 15 is 0 Å². The van der Waals surface area contributed by atoms with Gasteiger partial charge in [0.2, 0.25) is 15.9 Å². The molecule has 0 aliphatic carbocycles. The van der Waals surface area contributed by atoms with Crippen LogP contribution < -0.4 is 4.74 Å². The summed E-state index contributed by atoms with van der Waals surface area (Å²) in [5.74, 6) is -1.46. The summed E-state index contributed by atoms with van der Waals surface area (Å²) in [6.45, 7) is 1.68. The third kappa shape index (κ3) is 6.13. The topological polar surface area (TPSA) is 66.9 Å². The van der Waals surface area contributed by atoms with Gasteiger partial charge in [-0.2, -0.15) is 4.31 Å². The van der Waals surface area contributed by atoms with E-state index in [4.69, 9.17) is 16.3 Å². The minimum atomic E-state index is -4.24. The van der Waals surface area contributed by atoms with Gasteiger partial charge < -0.3 is 9.64 Å². The van der Waals surface area contributed by atoms with E-state index < -0.39 is 32.0 Å². The molecule has 0 saturated carbocycles. The SMILES string of the molecule is O=C(C[C@]1(COc2ccc(Cl)cc2)CCCN(S(=O)(=O)c2ccc(F)cc2F)C1)N1CCCCC1. The number of ether oxygens (including phenoxy) is 1. The van der Waals surface area contributed by atoms with Crippen LogP contribution in [0, 0.1) is 17.0 Å². The number of sulfonamides is 1. The van der Waals surface area contributed by atoms with Crippen LogP contribution in [-0.2, 0) is 14.8 Å². The molecule has 35 heavy (non-hydrogen) atoms. The Kier molecular flexibility index (Phi) is 7.98. The number of amides is 1. The van der Waals surface area contributed by atoms with Gasteiger partial charge in [0.25, 0.3) is 0 Å². The Morgan fingerprint density at radius 3 is 2.40 bits per heavy atom. The van der Waals surface area contributed by atoms with E-state index in [1.54, 1.807) is 24.3 Å². The average Bonchev–Trinajstić information content (AvgIpc) is 2.84. The second-order valence-corrected chi connectivity index (χ2v) is 11.7. The molecule has 0 N–H and O–H groups in total. The number of carbonyl (C=O) groups is 1. The number of carbonyl (C=O) groups excluding carboxylic acids is 1. The monoisotopic (exact) mass is 526 g/mol. The van der Waals surface area contributed by atoms with Crippen molar-refractivity contribution in [3.8, 4) is 5.75 Å². The van der Waals surface area contributed by atoms with E-state index in [2.05, 4.69) is 0 Å². The number of halogens is 3. The first-order chi connectivity index (χ1) is 16.7. The van der Waals surface area contributed by atoms with E-state index in [9.17, 15) is 22.0 Å². The van der Waals surface area contributed by atoms with Crippen molar-refractivity contribution in [3.63, 3.8) is 0 Å². The molecule has 1 amide bonds. The fraction of sp³-hybridized carbons (Fsp3) is 0.480. The van der Waals surface area contributed by atoms with Crippen LogP contribution in [0.2, 0.25) is 5.02 Å². The molecule has 2 aromatic carbocycles. The highest BCUT2D eigenvalue weighted by Crippen LogP contribution is 2.38. The van der Waals surface area contributed by atoms with Gasteiger partial charge in [-0.15, -0.1) is 0 Å². The van der Waals surface area contributed by atoms with Gasteiger partial charge in [-0.1, -0.05) is 11.6 Å². The normalized spacial score (nSPS) is 21.6. The molecule has 2 aliphatic rings. The molecule has 0 aromatic heterocycles. The second kappa shape index (κ2) is 10.8. The predicted molar refractivity (Wildman–Crippen MR) is 129 cm³/mol. The molecule has 0 spiro atoms. The van der Waals surface area contributed by atoms with Crippen molar-refractivity contribution in [2.24, 2.45) is 5.41 Å².